The molecule has 0 N–H and O–H groups in total. The van der Waals surface area contributed by atoms with Crippen molar-refractivity contribution in [2.75, 3.05) is 31.1 Å². The van der Waals surface area contributed by atoms with Crippen molar-refractivity contribution in [2.24, 2.45) is 0 Å². The summed E-state index contributed by atoms with van der Waals surface area (Å²) < 4.78 is 213. The van der Waals surface area contributed by atoms with Crippen LogP contribution in [0.15, 0.2) is 89.2 Å². The van der Waals surface area contributed by atoms with Crippen LogP contribution in [0, 0.1) is 92.2 Å². The number of carbonyl (C=O) groups excluding carboxylic acids is 4. The minimum absolute atomic E-state index is 0.0590. The number of imide groups is 1. The molecule has 1 atom stereocenters. The molecule has 2 amide bonds. The molecule has 2 aliphatic rings. The Hall–Kier alpha value is -9.88. The van der Waals surface area contributed by atoms with E-state index in [1.807, 2.05) is 11.8 Å². The van der Waals surface area contributed by atoms with Crippen LogP contribution in [-0.4, -0.2) is 66.7 Å². The first-order valence-electron chi connectivity index (χ1n) is 24.3. The summed E-state index contributed by atoms with van der Waals surface area (Å²) in [5, 5.41) is 28.9. The monoisotopic (exact) mass is 1210 g/mol. The molecule has 2 aliphatic heterocycles. The normalized spacial score (nSPS) is 14.9. The number of alkyl halides is 3. The number of halogens is 13. The Morgan fingerprint density at radius 3 is 1.73 bits per heavy atom. The smallest absolute Gasteiger partial charge is 0.432 e. The van der Waals surface area contributed by atoms with Crippen molar-refractivity contribution in [3.63, 3.8) is 0 Å². The van der Waals surface area contributed by atoms with Gasteiger partial charge in [0.15, 0.2) is 57.9 Å². The predicted molar refractivity (Wildman–Crippen MR) is 271 cm³/mol. The van der Waals surface area contributed by atoms with Crippen molar-refractivity contribution in [1.82, 2.24) is 4.90 Å². The molecule has 14 nitrogen and oxygen atoms in total. The number of rotatable bonds is 21. The van der Waals surface area contributed by atoms with Crippen LogP contribution in [0.5, 0.6) is 11.5 Å². The van der Waals surface area contributed by atoms with Crippen LogP contribution >= 0.6 is 11.3 Å². The highest BCUT2D eigenvalue weighted by Gasteiger charge is 2.60. The number of allylic oxidation sites excluding steroid dienone is 2. The van der Waals surface area contributed by atoms with Crippen molar-refractivity contribution < 1.29 is 99.9 Å². The average Bonchev–Trinajstić information content (AvgIpc) is 1.89. The molecule has 0 bridgehead atoms. The van der Waals surface area contributed by atoms with E-state index < -0.39 is 164 Å². The maximum absolute atomic E-state index is 14.7. The van der Waals surface area contributed by atoms with Gasteiger partial charge in [0, 0.05) is 57.9 Å². The van der Waals surface area contributed by atoms with Gasteiger partial charge in [-0.2, -0.15) is 29.0 Å². The summed E-state index contributed by atoms with van der Waals surface area (Å²) in [6.07, 6.45) is 1.76. The number of carbonyl (C=O) groups is 4. The van der Waals surface area contributed by atoms with E-state index in [4.69, 9.17) is 23.7 Å². The minimum atomic E-state index is -5.23. The molecule has 5 aromatic rings. The molecule has 0 aliphatic carbocycles. The van der Waals surface area contributed by atoms with Crippen LogP contribution in [-0.2, 0) is 48.4 Å². The summed E-state index contributed by atoms with van der Waals surface area (Å²) in [4.78, 5) is 52.9. The molecule has 0 saturated heterocycles. The van der Waals surface area contributed by atoms with Crippen LogP contribution < -0.4 is 14.4 Å². The molecule has 85 heavy (non-hydrogen) atoms. The van der Waals surface area contributed by atoms with Gasteiger partial charge < -0.3 is 28.6 Å². The molecule has 0 fully saturated rings. The number of benzene rings is 4. The van der Waals surface area contributed by atoms with Gasteiger partial charge in [0.1, 0.15) is 61.7 Å². The lowest BCUT2D eigenvalue weighted by atomic mass is 9.92. The highest BCUT2D eigenvalue weighted by molar-refractivity contribution is 7.14. The van der Waals surface area contributed by atoms with Crippen LogP contribution in [0.1, 0.15) is 62.6 Å². The highest BCUT2D eigenvalue weighted by atomic mass is 32.1. The van der Waals surface area contributed by atoms with E-state index in [1.165, 1.54) is 24.3 Å². The summed E-state index contributed by atoms with van der Waals surface area (Å²) in [5.74, 6) is -29.1. The van der Waals surface area contributed by atoms with Crippen molar-refractivity contribution >= 4 is 59.0 Å². The van der Waals surface area contributed by atoms with Crippen molar-refractivity contribution in [1.29, 1.82) is 15.8 Å². The second kappa shape index (κ2) is 26.1. The van der Waals surface area contributed by atoms with Gasteiger partial charge in [-0.05, 0) is 61.9 Å². The third-order valence-corrected chi connectivity index (χ3v) is 13.8. The number of thiophene rings is 1. The molecule has 440 valence electrons. The first-order chi connectivity index (χ1) is 40.3. The van der Waals surface area contributed by atoms with Crippen molar-refractivity contribution in [2.45, 2.75) is 51.9 Å². The second-order valence-corrected chi connectivity index (χ2v) is 19.0. The number of nitrogens with zero attached hydrogens (tertiary/aromatic N) is 5. The Bertz CT molecular complexity index is 3650. The summed E-state index contributed by atoms with van der Waals surface area (Å²) in [5.41, 5.74) is -8.12. The van der Waals surface area contributed by atoms with E-state index in [-0.39, 0.29) is 41.4 Å². The number of hydrogen-bond donors (Lipinski definition) is 0. The Balaban J connectivity index is 1.19. The zero-order valence-electron chi connectivity index (χ0n) is 43.5. The van der Waals surface area contributed by atoms with Gasteiger partial charge in [0.05, 0.1) is 29.7 Å². The molecule has 0 saturated carbocycles. The van der Waals surface area contributed by atoms with Gasteiger partial charge in [0.2, 0.25) is 17.2 Å². The number of anilines is 1. The number of hydrogen-bond acceptors (Lipinski definition) is 14. The molecule has 28 heteroatoms. The number of amides is 2. The maximum Gasteiger partial charge on any atom is 0.432 e. The Labute approximate surface area is 475 Å². The van der Waals surface area contributed by atoms with Gasteiger partial charge in [-0.3, -0.25) is 19.3 Å². The second-order valence-electron chi connectivity index (χ2n) is 17.9. The predicted octanol–water partition coefficient (Wildman–Crippen LogP) is 12.0. The Morgan fingerprint density at radius 2 is 1.24 bits per heavy atom. The maximum atomic E-state index is 14.7. The van der Waals surface area contributed by atoms with Crippen LogP contribution in [0.25, 0.3) is 18.2 Å². The zero-order chi connectivity index (χ0) is 62.2. The third kappa shape index (κ3) is 13.5. The fourth-order valence-corrected chi connectivity index (χ4v) is 9.06. The zero-order valence-corrected chi connectivity index (χ0v) is 44.3. The largest absolute Gasteiger partial charge is 0.489 e. The fourth-order valence-electron chi connectivity index (χ4n) is 8.09. The van der Waals surface area contributed by atoms with Crippen LogP contribution in [0.2, 0.25) is 0 Å². The van der Waals surface area contributed by atoms with E-state index in [0.717, 1.165) is 58.7 Å². The van der Waals surface area contributed by atoms with Gasteiger partial charge in [0.25, 0.3) is 11.8 Å². The lowest BCUT2D eigenvalue weighted by Crippen LogP contribution is -2.43. The first-order valence-corrected chi connectivity index (χ1v) is 25.2. The van der Waals surface area contributed by atoms with E-state index in [2.05, 4.69) is 0 Å². The standard InChI is InChI=1S/C57H36F13N5O9S/c1-3-74(16-17-80-43(78)14-15-75-41(76)12-13-42(75)77)32-7-4-28(5-8-32)6-11-40-30(20-35(85-40)9-10-39-36(24-73)54(31(22-71)23-72)84-56(39,2)57(68,69)70)25-83-55(79)29-18-33(81-26-37-44(58)48(62)52(66)49(63)45(37)59)21-34(19-29)82-27-38-46(60)50(64)53(67)51(65)47(38)61/h4-13,18-21H,3,14-17,25-27H2,1-2H3/b10-9+,11-6+. The van der Waals surface area contributed by atoms with Crippen LogP contribution in [0.3, 0.4) is 0 Å². The average molecular weight is 1210 g/mol. The fraction of sp³-hybridized carbons (Fsp3) is 0.211. The first kappa shape index (κ1) is 62.7. The van der Waals surface area contributed by atoms with E-state index in [0.29, 0.717) is 24.7 Å². The van der Waals surface area contributed by atoms with E-state index >= 15 is 0 Å². The highest BCUT2D eigenvalue weighted by Crippen LogP contribution is 2.50. The summed E-state index contributed by atoms with van der Waals surface area (Å²) in [6, 6.07) is 14.7. The third-order valence-electron chi connectivity index (χ3n) is 12.7. The van der Waals surface area contributed by atoms with Crippen molar-refractivity contribution in [3.8, 4) is 29.7 Å². The molecular formula is C57H36F13N5O9S. The summed E-state index contributed by atoms with van der Waals surface area (Å²) >= 11 is 0.886. The number of likely N-dealkylation sites (N-methyl/N-ethyl adjacent to an activating group) is 1. The lowest BCUT2D eigenvalue weighted by Gasteiger charge is -2.28. The van der Waals surface area contributed by atoms with Gasteiger partial charge in [-0.1, -0.05) is 24.3 Å². The quantitative estimate of drug-likeness (QED) is 0.0168. The molecular weight excluding hydrogens is 1180 g/mol. The Kier molecular flexibility index (Phi) is 19.3. The number of ether oxygens (including phenoxy) is 5. The summed E-state index contributed by atoms with van der Waals surface area (Å²) in [7, 11) is 0. The number of esters is 2. The molecule has 3 heterocycles. The van der Waals surface area contributed by atoms with Gasteiger partial charge in [-0.15, -0.1) is 11.3 Å². The van der Waals surface area contributed by atoms with Gasteiger partial charge >= 0.3 is 18.1 Å². The van der Waals surface area contributed by atoms with Crippen molar-refractivity contribution in [3.05, 3.63) is 185 Å². The molecule has 0 spiro atoms. The SMILES string of the molecule is CCN(CCOC(=O)CCN1C(=O)C=CC1=O)c1ccc(/C=C/c2sc(/C=C/C3=C(C#N)C(=C(C#N)C#N)OC3(C)C(F)(F)F)cc2COC(=O)c2cc(OCc3c(F)c(F)c(F)c(F)c3F)cc(OCc3c(F)c(F)c(F)c(F)c3F)c2)cc1. The lowest BCUT2D eigenvalue weighted by molar-refractivity contribution is -0.236. The topological polar surface area (TPSA) is 192 Å². The van der Waals surface area contributed by atoms with Crippen LogP contribution in [0.4, 0.5) is 62.8 Å². The minimum Gasteiger partial charge on any atom is -0.489 e. The Morgan fingerprint density at radius 1 is 0.706 bits per heavy atom. The summed E-state index contributed by atoms with van der Waals surface area (Å²) in [6.45, 7) is -0.761. The molecule has 7 rings (SSSR count). The van der Waals surface area contributed by atoms with E-state index in [1.54, 1.807) is 36.4 Å². The molecule has 4 aromatic carbocycles. The van der Waals surface area contributed by atoms with Gasteiger partial charge in [-0.25, -0.2) is 48.7 Å². The van der Waals surface area contributed by atoms with E-state index in [9.17, 15) is 92.0 Å². The molecule has 1 aromatic heterocycles. The molecule has 1 unspecified atom stereocenters. The number of nitriles is 3. The molecule has 0 radical (unpaired) electrons.